The van der Waals surface area contributed by atoms with Gasteiger partial charge in [-0.2, -0.15) is 0 Å². The Balaban J connectivity index is 2.33. The van der Waals surface area contributed by atoms with Crippen molar-refractivity contribution in [2.75, 3.05) is 20.3 Å². The first kappa shape index (κ1) is 15.0. The number of hydrogen-bond donors (Lipinski definition) is 1. The van der Waals surface area contributed by atoms with Gasteiger partial charge >= 0.3 is 0 Å². The van der Waals surface area contributed by atoms with Crippen molar-refractivity contribution in [2.45, 2.75) is 39.3 Å². The van der Waals surface area contributed by atoms with Crippen molar-refractivity contribution in [2.24, 2.45) is 0 Å². The van der Waals surface area contributed by atoms with Gasteiger partial charge in [-0.15, -0.1) is 0 Å². The summed E-state index contributed by atoms with van der Waals surface area (Å²) in [6.07, 6.45) is 0.995. The molecule has 1 aromatic rings. The Kier molecular flexibility index (Phi) is 6.16. The number of rotatable bonds is 8. The topological polar surface area (TPSA) is 30.5 Å². The van der Waals surface area contributed by atoms with E-state index in [1.54, 1.807) is 7.11 Å². The van der Waals surface area contributed by atoms with E-state index in [-0.39, 0.29) is 5.60 Å². The molecule has 1 N–H and O–H groups in total. The van der Waals surface area contributed by atoms with E-state index >= 15 is 0 Å². The van der Waals surface area contributed by atoms with Crippen molar-refractivity contribution in [1.82, 2.24) is 5.32 Å². The van der Waals surface area contributed by atoms with Gasteiger partial charge in [-0.3, -0.25) is 0 Å². The van der Waals surface area contributed by atoms with Crippen LogP contribution in [-0.2, 0) is 11.3 Å². The molecular formula is C15H25NO2. The highest BCUT2D eigenvalue weighted by Crippen LogP contribution is 2.14. The average Bonchev–Trinajstić information content (AvgIpc) is 2.36. The molecule has 102 valence electrons. The Morgan fingerprint density at radius 2 is 2.06 bits per heavy atom. The summed E-state index contributed by atoms with van der Waals surface area (Å²) >= 11 is 0. The first-order valence-electron chi connectivity index (χ1n) is 6.55. The molecule has 3 nitrogen and oxygen atoms in total. The van der Waals surface area contributed by atoms with Gasteiger partial charge in [0.05, 0.1) is 12.2 Å². The first-order valence-corrected chi connectivity index (χ1v) is 6.55. The second kappa shape index (κ2) is 7.39. The van der Waals surface area contributed by atoms with E-state index in [1.807, 2.05) is 19.1 Å². The molecule has 0 saturated heterocycles. The second-order valence-electron chi connectivity index (χ2n) is 4.97. The highest BCUT2D eigenvalue weighted by Gasteiger charge is 2.14. The van der Waals surface area contributed by atoms with Crippen molar-refractivity contribution in [1.29, 1.82) is 0 Å². The Bertz CT molecular complexity index is 350. The summed E-state index contributed by atoms with van der Waals surface area (Å²) in [6, 6.07) is 8.21. The standard InChI is InChI=1S/C15H25NO2/c1-5-18-14-8-6-7-13(11-14)12-16-10-9-15(2,3)17-4/h6-8,11,16H,5,9-10,12H2,1-4H3. The van der Waals surface area contributed by atoms with Gasteiger partial charge < -0.3 is 14.8 Å². The minimum atomic E-state index is -0.0554. The third-order valence-corrected chi connectivity index (χ3v) is 3.00. The number of hydrogen-bond acceptors (Lipinski definition) is 3. The first-order chi connectivity index (χ1) is 8.57. The van der Waals surface area contributed by atoms with E-state index in [1.165, 1.54) is 5.56 Å². The van der Waals surface area contributed by atoms with E-state index in [0.717, 1.165) is 25.3 Å². The average molecular weight is 251 g/mol. The van der Waals surface area contributed by atoms with Crippen LogP contribution in [0.3, 0.4) is 0 Å². The van der Waals surface area contributed by atoms with Crippen LogP contribution in [0.15, 0.2) is 24.3 Å². The molecule has 1 rings (SSSR count). The maximum Gasteiger partial charge on any atom is 0.119 e. The largest absolute Gasteiger partial charge is 0.494 e. The summed E-state index contributed by atoms with van der Waals surface area (Å²) in [6.45, 7) is 8.71. The fourth-order valence-corrected chi connectivity index (χ4v) is 1.64. The van der Waals surface area contributed by atoms with Gasteiger partial charge in [0.1, 0.15) is 5.75 Å². The minimum Gasteiger partial charge on any atom is -0.494 e. The molecule has 0 aromatic heterocycles. The quantitative estimate of drug-likeness (QED) is 0.720. The normalized spacial score (nSPS) is 11.6. The molecule has 0 bridgehead atoms. The Morgan fingerprint density at radius 3 is 2.72 bits per heavy atom. The summed E-state index contributed by atoms with van der Waals surface area (Å²) in [5.74, 6) is 0.939. The lowest BCUT2D eigenvalue weighted by atomic mass is 10.1. The molecule has 0 saturated carbocycles. The predicted molar refractivity (Wildman–Crippen MR) is 75.0 cm³/mol. The van der Waals surface area contributed by atoms with Gasteiger partial charge in [0, 0.05) is 13.7 Å². The molecule has 0 aliphatic carbocycles. The van der Waals surface area contributed by atoms with Crippen molar-refractivity contribution < 1.29 is 9.47 Å². The maximum absolute atomic E-state index is 5.48. The molecule has 18 heavy (non-hydrogen) atoms. The van der Waals surface area contributed by atoms with Crippen LogP contribution >= 0.6 is 0 Å². The number of ether oxygens (including phenoxy) is 2. The molecule has 0 spiro atoms. The fraction of sp³-hybridized carbons (Fsp3) is 0.600. The van der Waals surface area contributed by atoms with Crippen LogP contribution in [0.5, 0.6) is 5.75 Å². The van der Waals surface area contributed by atoms with E-state index in [4.69, 9.17) is 9.47 Å². The van der Waals surface area contributed by atoms with Crippen LogP contribution in [0.25, 0.3) is 0 Å². The zero-order valence-corrected chi connectivity index (χ0v) is 12.0. The molecule has 1 aromatic carbocycles. The summed E-state index contributed by atoms with van der Waals surface area (Å²) in [7, 11) is 1.76. The zero-order chi connectivity index (χ0) is 13.4. The predicted octanol–water partition coefficient (Wildman–Crippen LogP) is 2.99. The smallest absolute Gasteiger partial charge is 0.119 e. The molecule has 0 fully saturated rings. The Hall–Kier alpha value is -1.06. The van der Waals surface area contributed by atoms with Crippen LogP contribution in [0.4, 0.5) is 0 Å². The molecule has 0 atom stereocenters. The van der Waals surface area contributed by atoms with Gasteiger partial charge in [0.2, 0.25) is 0 Å². The summed E-state index contributed by atoms with van der Waals surface area (Å²) in [5, 5.41) is 3.43. The van der Waals surface area contributed by atoms with E-state index in [2.05, 4.69) is 31.3 Å². The second-order valence-corrected chi connectivity index (χ2v) is 4.97. The van der Waals surface area contributed by atoms with Crippen molar-refractivity contribution in [3.63, 3.8) is 0 Å². The van der Waals surface area contributed by atoms with Crippen LogP contribution in [0, 0.1) is 0 Å². The summed E-state index contributed by atoms with van der Waals surface area (Å²) in [5.41, 5.74) is 1.19. The van der Waals surface area contributed by atoms with Crippen molar-refractivity contribution >= 4 is 0 Å². The highest BCUT2D eigenvalue weighted by atomic mass is 16.5. The number of methoxy groups -OCH3 is 1. The van der Waals surface area contributed by atoms with Crippen molar-refractivity contribution in [3.8, 4) is 5.75 Å². The Labute approximate surface area is 110 Å². The molecule has 0 aliphatic heterocycles. The van der Waals surface area contributed by atoms with E-state index in [9.17, 15) is 0 Å². The zero-order valence-electron chi connectivity index (χ0n) is 12.0. The van der Waals surface area contributed by atoms with Gasteiger partial charge in [0.25, 0.3) is 0 Å². The number of benzene rings is 1. The lowest BCUT2D eigenvalue weighted by Gasteiger charge is -2.22. The van der Waals surface area contributed by atoms with Gasteiger partial charge in [0.15, 0.2) is 0 Å². The van der Waals surface area contributed by atoms with Gasteiger partial charge in [-0.1, -0.05) is 12.1 Å². The lowest BCUT2D eigenvalue weighted by molar-refractivity contribution is 0.0158. The molecule has 0 aliphatic rings. The maximum atomic E-state index is 5.48. The monoisotopic (exact) mass is 251 g/mol. The van der Waals surface area contributed by atoms with E-state index in [0.29, 0.717) is 6.61 Å². The highest BCUT2D eigenvalue weighted by molar-refractivity contribution is 5.28. The fourth-order valence-electron chi connectivity index (χ4n) is 1.64. The van der Waals surface area contributed by atoms with Gasteiger partial charge in [-0.05, 0) is 51.4 Å². The molecule has 0 amide bonds. The summed E-state index contributed by atoms with van der Waals surface area (Å²) < 4.78 is 10.9. The molecule has 0 heterocycles. The third-order valence-electron chi connectivity index (χ3n) is 3.00. The molecular weight excluding hydrogens is 226 g/mol. The molecule has 3 heteroatoms. The van der Waals surface area contributed by atoms with Crippen LogP contribution in [-0.4, -0.2) is 25.9 Å². The summed E-state index contributed by atoms with van der Waals surface area (Å²) in [4.78, 5) is 0. The van der Waals surface area contributed by atoms with E-state index < -0.39 is 0 Å². The number of nitrogens with one attached hydrogen (secondary N) is 1. The molecule has 0 unspecified atom stereocenters. The van der Waals surface area contributed by atoms with Crippen molar-refractivity contribution in [3.05, 3.63) is 29.8 Å². The van der Waals surface area contributed by atoms with Gasteiger partial charge in [-0.25, -0.2) is 0 Å². The van der Waals surface area contributed by atoms with Crippen LogP contribution in [0.2, 0.25) is 0 Å². The third kappa shape index (κ3) is 5.52. The Morgan fingerprint density at radius 1 is 1.28 bits per heavy atom. The van der Waals surface area contributed by atoms with Crippen LogP contribution < -0.4 is 10.1 Å². The molecule has 0 radical (unpaired) electrons. The minimum absolute atomic E-state index is 0.0554. The SMILES string of the molecule is CCOc1cccc(CNCCC(C)(C)OC)c1. The lowest BCUT2D eigenvalue weighted by Crippen LogP contribution is -2.28. The van der Waals surface area contributed by atoms with Crippen LogP contribution in [0.1, 0.15) is 32.8 Å².